The van der Waals surface area contributed by atoms with Gasteiger partial charge >= 0.3 is 5.97 Å². The average molecular weight is 212 g/mol. The van der Waals surface area contributed by atoms with Gasteiger partial charge in [-0.2, -0.15) is 11.8 Å². The molecule has 0 bridgehead atoms. The van der Waals surface area contributed by atoms with Crippen LogP contribution in [0.4, 0.5) is 0 Å². The van der Waals surface area contributed by atoms with Crippen molar-refractivity contribution < 1.29 is 9.90 Å². The Bertz CT molecular complexity index is 156. The lowest BCUT2D eigenvalue weighted by atomic mass is 9.95. The van der Waals surface area contributed by atoms with Gasteiger partial charge in [0.2, 0.25) is 0 Å². The lowest BCUT2D eigenvalue weighted by Gasteiger charge is -2.26. The van der Waals surface area contributed by atoms with Crippen LogP contribution < -0.4 is 5.73 Å². The summed E-state index contributed by atoms with van der Waals surface area (Å²) in [4.78, 5) is 10.4. The maximum absolute atomic E-state index is 10.4. The first kappa shape index (κ1) is 12.1. The zero-order valence-electron chi connectivity index (χ0n) is 6.73. The van der Waals surface area contributed by atoms with Gasteiger partial charge in [0.1, 0.15) is 0 Å². The van der Waals surface area contributed by atoms with Gasteiger partial charge in [-0.15, -0.1) is 12.4 Å². The summed E-state index contributed by atoms with van der Waals surface area (Å²) in [7, 11) is 0. The van der Waals surface area contributed by atoms with Gasteiger partial charge < -0.3 is 10.8 Å². The van der Waals surface area contributed by atoms with Crippen LogP contribution in [0, 0.1) is 5.92 Å². The number of hydrogen-bond donors (Lipinski definition) is 2. The Hall–Kier alpha value is 0.0700. The van der Waals surface area contributed by atoms with Crippen LogP contribution >= 0.6 is 24.2 Å². The van der Waals surface area contributed by atoms with Crippen LogP contribution in [0.5, 0.6) is 0 Å². The molecule has 0 spiro atoms. The monoisotopic (exact) mass is 211 g/mol. The minimum absolute atomic E-state index is 0. The molecule has 3 N–H and O–H groups in total. The molecule has 3 nitrogen and oxygen atoms in total. The minimum Gasteiger partial charge on any atom is -0.481 e. The molecule has 1 rings (SSSR count). The van der Waals surface area contributed by atoms with Crippen LogP contribution in [-0.4, -0.2) is 28.6 Å². The third-order valence-electron chi connectivity index (χ3n) is 1.99. The van der Waals surface area contributed by atoms with Crippen LogP contribution in [0.25, 0.3) is 0 Å². The van der Waals surface area contributed by atoms with Crippen LogP contribution in [0.1, 0.15) is 12.8 Å². The summed E-state index contributed by atoms with van der Waals surface area (Å²) in [5.74, 6) is 1.45. The zero-order chi connectivity index (χ0) is 8.27. The van der Waals surface area contributed by atoms with E-state index in [-0.39, 0.29) is 30.8 Å². The molecule has 0 amide bonds. The van der Waals surface area contributed by atoms with Crippen molar-refractivity contribution in [1.29, 1.82) is 0 Å². The SMILES string of the molecule is Cl.NC1CSCCC1CC(=O)O. The highest BCUT2D eigenvalue weighted by atomic mass is 35.5. The highest BCUT2D eigenvalue weighted by molar-refractivity contribution is 7.99. The molecule has 12 heavy (non-hydrogen) atoms. The van der Waals surface area contributed by atoms with Crippen molar-refractivity contribution in [3.05, 3.63) is 0 Å². The number of carboxylic acids is 1. The van der Waals surface area contributed by atoms with Crippen molar-refractivity contribution >= 4 is 30.1 Å². The van der Waals surface area contributed by atoms with Crippen molar-refractivity contribution in [1.82, 2.24) is 0 Å². The largest absolute Gasteiger partial charge is 0.481 e. The van der Waals surface area contributed by atoms with E-state index in [2.05, 4.69) is 0 Å². The Kier molecular flexibility index (Phi) is 5.70. The van der Waals surface area contributed by atoms with Gasteiger partial charge in [0.05, 0.1) is 0 Å². The Morgan fingerprint density at radius 1 is 1.67 bits per heavy atom. The van der Waals surface area contributed by atoms with E-state index in [1.54, 1.807) is 0 Å². The molecular formula is C7H14ClNO2S. The van der Waals surface area contributed by atoms with Crippen molar-refractivity contribution in [3.63, 3.8) is 0 Å². The first-order valence-electron chi connectivity index (χ1n) is 3.75. The first-order chi connectivity index (χ1) is 5.20. The molecule has 1 aliphatic rings. The fourth-order valence-electron chi connectivity index (χ4n) is 1.28. The van der Waals surface area contributed by atoms with E-state index >= 15 is 0 Å². The lowest BCUT2D eigenvalue weighted by molar-refractivity contribution is -0.138. The smallest absolute Gasteiger partial charge is 0.303 e. The third-order valence-corrected chi connectivity index (χ3v) is 3.13. The highest BCUT2D eigenvalue weighted by Crippen LogP contribution is 2.24. The molecule has 0 aliphatic carbocycles. The maximum atomic E-state index is 10.4. The van der Waals surface area contributed by atoms with Crippen LogP contribution in [0.2, 0.25) is 0 Å². The summed E-state index contributed by atoms with van der Waals surface area (Å²) < 4.78 is 0. The molecular weight excluding hydrogens is 198 g/mol. The summed E-state index contributed by atoms with van der Waals surface area (Å²) >= 11 is 1.82. The fraction of sp³-hybridized carbons (Fsp3) is 0.857. The Labute approximate surface area is 82.5 Å². The highest BCUT2D eigenvalue weighted by Gasteiger charge is 2.23. The average Bonchev–Trinajstić information content (AvgIpc) is 1.93. The zero-order valence-corrected chi connectivity index (χ0v) is 8.37. The number of rotatable bonds is 2. The van der Waals surface area contributed by atoms with Gasteiger partial charge in [-0.3, -0.25) is 4.79 Å². The minimum atomic E-state index is -0.725. The Morgan fingerprint density at radius 3 is 2.83 bits per heavy atom. The third kappa shape index (κ3) is 3.65. The summed E-state index contributed by atoms with van der Waals surface area (Å²) in [6.45, 7) is 0. The lowest BCUT2D eigenvalue weighted by Crippen LogP contribution is -2.37. The topological polar surface area (TPSA) is 63.3 Å². The van der Waals surface area contributed by atoms with E-state index < -0.39 is 5.97 Å². The summed E-state index contributed by atoms with van der Waals surface area (Å²) in [6, 6.07) is 0.0878. The second-order valence-electron chi connectivity index (χ2n) is 2.89. The standard InChI is InChI=1S/C7H13NO2S.ClH/c8-6-4-11-2-1-5(6)3-7(9)10;/h5-6H,1-4,8H2,(H,9,10);1H. The fourth-order valence-corrected chi connectivity index (χ4v) is 2.46. The number of nitrogens with two attached hydrogens (primary N) is 1. The summed E-state index contributed by atoms with van der Waals surface area (Å²) in [6.07, 6.45) is 1.19. The number of carbonyl (C=O) groups is 1. The first-order valence-corrected chi connectivity index (χ1v) is 4.90. The number of carboxylic acid groups (broad SMARTS) is 1. The number of aliphatic carboxylic acids is 1. The summed E-state index contributed by atoms with van der Waals surface area (Å²) in [5, 5.41) is 8.52. The molecule has 1 heterocycles. The van der Waals surface area contributed by atoms with Gasteiger partial charge in [0.25, 0.3) is 0 Å². The van der Waals surface area contributed by atoms with Gasteiger partial charge in [0, 0.05) is 18.2 Å². The molecule has 72 valence electrons. The van der Waals surface area contributed by atoms with Crippen LogP contribution in [-0.2, 0) is 4.79 Å². The predicted molar refractivity (Wildman–Crippen MR) is 52.9 cm³/mol. The van der Waals surface area contributed by atoms with E-state index in [0.29, 0.717) is 0 Å². The molecule has 5 heteroatoms. The quantitative estimate of drug-likeness (QED) is 0.715. The number of thioether (sulfide) groups is 1. The van der Waals surface area contributed by atoms with Crippen LogP contribution in [0.15, 0.2) is 0 Å². The predicted octanol–water partition coefficient (Wildman–Crippen LogP) is 0.963. The molecule has 0 aromatic carbocycles. The van der Waals surface area contributed by atoms with Crippen molar-refractivity contribution in [2.45, 2.75) is 18.9 Å². The molecule has 0 saturated carbocycles. The van der Waals surface area contributed by atoms with E-state index in [4.69, 9.17) is 10.8 Å². The van der Waals surface area contributed by atoms with E-state index in [9.17, 15) is 4.79 Å². The van der Waals surface area contributed by atoms with Gasteiger partial charge in [-0.05, 0) is 18.1 Å². The van der Waals surface area contributed by atoms with Gasteiger partial charge in [-0.25, -0.2) is 0 Å². The Balaban J connectivity index is 0.00000121. The second kappa shape index (κ2) is 5.67. The molecule has 1 aliphatic heterocycles. The molecule has 2 atom stereocenters. The van der Waals surface area contributed by atoms with E-state index in [1.165, 1.54) is 0 Å². The van der Waals surface area contributed by atoms with E-state index in [0.717, 1.165) is 17.9 Å². The van der Waals surface area contributed by atoms with Crippen molar-refractivity contribution in [2.75, 3.05) is 11.5 Å². The van der Waals surface area contributed by atoms with Crippen LogP contribution in [0.3, 0.4) is 0 Å². The number of halogens is 1. The summed E-state index contributed by atoms with van der Waals surface area (Å²) in [5.41, 5.74) is 5.74. The number of hydrogen-bond acceptors (Lipinski definition) is 3. The van der Waals surface area contributed by atoms with Gasteiger partial charge in [0.15, 0.2) is 0 Å². The second-order valence-corrected chi connectivity index (χ2v) is 4.04. The Morgan fingerprint density at radius 2 is 2.33 bits per heavy atom. The maximum Gasteiger partial charge on any atom is 0.303 e. The van der Waals surface area contributed by atoms with E-state index in [1.807, 2.05) is 11.8 Å². The molecule has 0 radical (unpaired) electrons. The molecule has 2 unspecified atom stereocenters. The normalized spacial score (nSPS) is 29.1. The van der Waals surface area contributed by atoms with Crippen molar-refractivity contribution in [2.24, 2.45) is 11.7 Å². The molecule has 0 aromatic rings. The van der Waals surface area contributed by atoms with Crippen molar-refractivity contribution in [3.8, 4) is 0 Å². The molecule has 1 fully saturated rings. The van der Waals surface area contributed by atoms with Gasteiger partial charge in [-0.1, -0.05) is 0 Å². The molecule has 0 aromatic heterocycles. The molecule has 1 saturated heterocycles.